The zero-order valence-electron chi connectivity index (χ0n) is 10.4. The maximum atomic E-state index is 11.3. The van der Waals surface area contributed by atoms with E-state index in [4.69, 9.17) is 5.11 Å². The Labute approximate surface area is 100 Å². The normalized spacial score (nSPS) is 13.8. The van der Waals surface area contributed by atoms with Gasteiger partial charge in [-0.3, -0.25) is 19.7 Å². The highest BCUT2D eigenvalue weighted by Gasteiger charge is 2.23. The molecule has 0 bridgehead atoms. The molecule has 0 radical (unpaired) electrons. The number of rotatable bonds is 8. The third-order valence-electron chi connectivity index (χ3n) is 2.57. The minimum absolute atomic E-state index is 0.0848. The molecule has 0 fully saturated rings. The van der Waals surface area contributed by atoms with Gasteiger partial charge < -0.3 is 9.84 Å². The first kappa shape index (κ1) is 15.6. The van der Waals surface area contributed by atoms with Crippen LogP contribution in [-0.2, 0) is 19.1 Å². The van der Waals surface area contributed by atoms with Crippen LogP contribution in [-0.4, -0.2) is 42.5 Å². The highest BCUT2D eigenvalue weighted by atomic mass is 16.5. The lowest BCUT2D eigenvalue weighted by molar-refractivity contribution is -0.143. The molecule has 0 rings (SSSR count). The Kier molecular flexibility index (Phi) is 7.13. The fourth-order valence-corrected chi connectivity index (χ4v) is 1.29. The van der Waals surface area contributed by atoms with E-state index < -0.39 is 18.0 Å². The van der Waals surface area contributed by atoms with E-state index >= 15 is 0 Å². The first-order valence-corrected chi connectivity index (χ1v) is 5.47. The number of hydrogen-bond acceptors (Lipinski definition) is 5. The summed E-state index contributed by atoms with van der Waals surface area (Å²) in [7, 11) is 1.20. The third kappa shape index (κ3) is 6.01. The van der Waals surface area contributed by atoms with Gasteiger partial charge in [0, 0.05) is 0 Å². The number of ether oxygens (including phenoxy) is 1. The van der Waals surface area contributed by atoms with Crippen LogP contribution in [0.1, 0.15) is 26.7 Å². The Balaban J connectivity index is 4.18. The molecular formula is C11H19NO5. The van der Waals surface area contributed by atoms with Gasteiger partial charge in [-0.2, -0.15) is 0 Å². The molecule has 2 N–H and O–H groups in total. The third-order valence-corrected chi connectivity index (χ3v) is 2.57. The van der Waals surface area contributed by atoms with Crippen LogP contribution in [0.4, 0.5) is 0 Å². The van der Waals surface area contributed by atoms with Gasteiger partial charge in [0.05, 0.1) is 13.7 Å². The SMILES string of the molecule is CC[C@H](C)[C@H](NCC(=O)CC(=O)OC)C(=O)O. The molecule has 0 spiro atoms. The van der Waals surface area contributed by atoms with Gasteiger partial charge in [0.2, 0.25) is 0 Å². The van der Waals surface area contributed by atoms with E-state index in [0.717, 1.165) is 0 Å². The highest BCUT2D eigenvalue weighted by Crippen LogP contribution is 2.07. The molecule has 0 amide bonds. The summed E-state index contributed by atoms with van der Waals surface area (Å²) in [4.78, 5) is 33.0. The number of nitrogens with one attached hydrogen (secondary N) is 1. The van der Waals surface area contributed by atoms with Crippen LogP contribution in [0.15, 0.2) is 0 Å². The maximum Gasteiger partial charge on any atom is 0.320 e. The zero-order valence-corrected chi connectivity index (χ0v) is 10.4. The quantitative estimate of drug-likeness (QED) is 0.469. The van der Waals surface area contributed by atoms with E-state index in [2.05, 4.69) is 10.1 Å². The van der Waals surface area contributed by atoms with E-state index in [0.29, 0.717) is 6.42 Å². The number of Topliss-reactive ketones (excluding diaryl/α,β-unsaturated/α-hetero) is 1. The number of carbonyl (C=O) groups is 3. The molecule has 0 aromatic heterocycles. The van der Waals surface area contributed by atoms with Crippen LogP contribution in [0.25, 0.3) is 0 Å². The van der Waals surface area contributed by atoms with Gasteiger partial charge in [-0.05, 0) is 5.92 Å². The molecule has 2 atom stereocenters. The van der Waals surface area contributed by atoms with Crippen LogP contribution in [0.2, 0.25) is 0 Å². The molecule has 0 aromatic carbocycles. The van der Waals surface area contributed by atoms with Crippen molar-refractivity contribution in [1.82, 2.24) is 5.32 Å². The lowest BCUT2D eigenvalue weighted by Gasteiger charge is -2.19. The van der Waals surface area contributed by atoms with E-state index in [-0.39, 0.29) is 24.7 Å². The molecule has 0 heterocycles. The molecule has 6 nitrogen and oxygen atoms in total. The number of aliphatic carboxylic acids is 1. The minimum Gasteiger partial charge on any atom is -0.480 e. The monoisotopic (exact) mass is 245 g/mol. The molecule has 0 aliphatic heterocycles. The van der Waals surface area contributed by atoms with Gasteiger partial charge in [-0.1, -0.05) is 20.3 Å². The van der Waals surface area contributed by atoms with Crippen molar-refractivity contribution in [1.29, 1.82) is 0 Å². The largest absolute Gasteiger partial charge is 0.480 e. The second-order valence-corrected chi connectivity index (χ2v) is 3.87. The van der Waals surface area contributed by atoms with Crippen molar-refractivity contribution in [3.63, 3.8) is 0 Å². The molecule has 0 saturated carbocycles. The minimum atomic E-state index is -0.995. The maximum absolute atomic E-state index is 11.3. The smallest absolute Gasteiger partial charge is 0.320 e. The molecular weight excluding hydrogens is 226 g/mol. The van der Waals surface area contributed by atoms with Gasteiger partial charge in [0.15, 0.2) is 5.78 Å². The Bertz CT molecular complexity index is 290. The van der Waals surface area contributed by atoms with Crippen molar-refractivity contribution in [2.75, 3.05) is 13.7 Å². The first-order valence-electron chi connectivity index (χ1n) is 5.47. The van der Waals surface area contributed by atoms with Crippen molar-refractivity contribution in [2.24, 2.45) is 5.92 Å². The Morgan fingerprint density at radius 2 is 1.94 bits per heavy atom. The average molecular weight is 245 g/mol. The van der Waals surface area contributed by atoms with Crippen LogP contribution < -0.4 is 5.32 Å². The fraction of sp³-hybridized carbons (Fsp3) is 0.727. The Morgan fingerprint density at radius 3 is 2.35 bits per heavy atom. The lowest BCUT2D eigenvalue weighted by atomic mass is 9.99. The summed E-state index contributed by atoms with van der Waals surface area (Å²) in [6.45, 7) is 3.52. The second kappa shape index (κ2) is 7.78. The van der Waals surface area contributed by atoms with Gasteiger partial charge in [-0.25, -0.2) is 0 Å². The summed E-state index contributed by atoms with van der Waals surface area (Å²) < 4.78 is 4.34. The zero-order chi connectivity index (χ0) is 13.4. The predicted molar refractivity (Wildman–Crippen MR) is 60.5 cm³/mol. The molecule has 0 unspecified atom stereocenters. The molecule has 98 valence electrons. The topological polar surface area (TPSA) is 92.7 Å². The van der Waals surface area contributed by atoms with Crippen molar-refractivity contribution in [3.05, 3.63) is 0 Å². The summed E-state index contributed by atoms with van der Waals surface area (Å²) in [5, 5.41) is 11.6. The van der Waals surface area contributed by atoms with E-state index in [1.807, 2.05) is 6.92 Å². The summed E-state index contributed by atoms with van der Waals surface area (Å²) in [5.74, 6) is -2.08. The van der Waals surface area contributed by atoms with Crippen LogP contribution in [0.5, 0.6) is 0 Å². The average Bonchev–Trinajstić information content (AvgIpc) is 2.28. The van der Waals surface area contributed by atoms with E-state index in [9.17, 15) is 14.4 Å². The summed E-state index contributed by atoms with van der Waals surface area (Å²) >= 11 is 0. The molecule has 0 aliphatic rings. The summed E-state index contributed by atoms with van der Waals surface area (Å²) in [6, 6.07) is -0.776. The summed E-state index contributed by atoms with van der Waals surface area (Å²) in [6.07, 6.45) is 0.353. The number of ketones is 1. The molecule has 6 heteroatoms. The highest BCUT2D eigenvalue weighted by molar-refractivity contribution is 5.96. The second-order valence-electron chi connectivity index (χ2n) is 3.87. The van der Waals surface area contributed by atoms with E-state index in [1.165, 1.54) is 7.11 Å². The van der Waals surface area contributed by atoms with Gasteiger partial charge in [0.1, 0.15) is 12.5 Å². The van der Waals surface area contributed by atoms with Crippen LogP contribution >= 0.6 is 0 Å². The van der Waals surface area contributed by atoms with Gasteiger partial charge in [-0.15, -0.1) is 0 Å². The van der Waals surface area contributed by atoms with Crippen molar-refractivity contribution in [3.8, 4) is 0 Å². The molecule has 17 heavy (non-hydrogen) atoms. The van der Waals surface area contributed by atoms with Crippen molar-refractivity contribution in [2.45, 2.75) is 32.7 Å². The lowest BCUT2D eigenvalue weighted by Crippen LogP contribution is -2.44. The first-order chi connectivity index (χ1) is 7.92. The molecule has 0 saturated heterocycles. The Morgan fingerprint density at radius 1 is 1.35 bits per heavy atom. The fourth-order valence-electron chi connectivity index (χ4n) is 1.29. The van der Waals surface area contributed by atoms with Crippen molar-refractivity contribution < 1.29 is 24.2 Å². The van der Waals surface area contributed by atoms with Crippen LogP contribution in [0, 0.1) is 5.92 Å². The van der Waals surface area contributed by atoms with Gasteiger partial charge in [0.25, 0.3) is 0 Å². The van der Waals surface area contributed by atoms with Crippen molar-refractivity contribution >= 4 is 17.7 Å². The molecule has 0 aliphatic carbocycles. The van der Waals surface area contributed by atoms with E-state index in [1.54, 1.807) is 6.92 Å². The number of esters is 1. The summed E-state index contributed by atoms with van der Waals surface area (Å²) in [5.41, 5.74) is 0. The standard InChI is InChI=1S/C11H19NO5/c1-4-7(2)10(11(15)16)12-6-8(13)5-9(14)17-3/h7,10,12H,4-6H2,1-3H3,(H,15,16)/t7-,10-/m0/s1. The number of carboxylic acids is 1. The van der Waals surface area contributed by atoms with Crippen LogP contribution in [0.3, 0.4) is 0 Å². The number of carboxylic acid groups (broad SMARTS) is 1. The number of carbonyl (C=O) groups excluding carboxylic acids is 2. The number of methoxy groups -OCH3 is 1. The molecule has 0 aromatic rings. The number of hydrogen-bond donors (Lipinski definition) is 2. The van der Waals surface area contributed by atoms with Gasteiger partial charge >= 0.3 is 11.9 Å². The Hall–Kier alpha value is -1.43. The predicted octanol–water partition coefficient (Wildman–Crippen LogP) is 0.208.